The average molecular weight is 300 g/mol. The SMILES string of the molecule is CCC(C)(CNC(=O)Nc1c(F)ccc(C)c1F)C(=O)O. The minimum absolute atomic E-state index is 0.153. The van der Waals surface area contributed by atoms with Crippen molar-refractivity contribution in [1.82, 2.24) is 5.32 Å². The maximum atomic E-state index is 13.7. The van der Waals surface area contributed by atoms with E-state index in [0.717, 1.165) is 6.07 Å². The molecule has 1 unspecified atom stereocenters. The minimum Gasteiger partial charge on any atom is -0.481 e. The average Bonchev–Trinajstić information content (AvgIpc) is 2.44. The molecule has 0 spiro atoms. The standard InChI is InChI=1S/C14H18F2N2O3/c1-4-14(3,12(19)20)7-17-13(21)18-11-9(15)6-5-8(2)10(11)16/h5-6H,4,7H2,1-3H3,(H,19,20)(H2,17,18,21). The van der Waals surface area contributed by atoms with E-state index in [2.05, 4.69) is 10.6 Å². The zero-order valence-electron chi connectivity index (χ0n) is 12.1. The molecule has 7 heteroatoms. The lowest BCUT2D eigenvalue weighted by Crippen LogP contribution is -2.42. The van der Waals surface area contributed by atoms with Gasteiger partial charge in [0.15, 0.2) is 5.82 Å². The van der Waals surface area contributed by atoms with Crippen molar-refractivity contribution >= 4 is 17.7 Å². The fourth-order valence-corrected chi connectivity index (χ4v) is 1.56. The van der Waals surface area contributed by atoms with Crippen LogP contribution in [0.5, 0.6) is 0 Å². The van der Waals surface area contributed by atoms with Crippen molar-refractivity contribution in [3.63, 3.8) is 0 Å². The zero-order valence-corrected chi connectivity index (χ0v) is 12.1. The Morgan fingerprint density at radius 1 is 1.33 bits per heavy atom. The molecule has 1 atom stereocenters. The maximum Gasteiger partial charge on any atom is 0.319 e. The van der Waals surface area contributed by atoms with Gasteiger partial charge in [-0.15, -0.1) is 0 Å². The molecule has 2 amide bonds. The van der Waals surface area contributed by atoms with Gasteiger partial charge in [0.2, 0.25) is 0 Å². The van der Waals surface area contributed by atoms with E-state index in [1.54, 1.807) is 6.92 Å². The van der Waals surface area contributed by atoms with E-state index in [9.17, 15) is 18.4 Å². The van der Waals surface area contributed by atoms with Gasteiger partial charge in [0.25, 0.3) is 0 Å². The van der Waals surface area contributed by atoms with Crippen LogP contribution in [0.3, 0.4) is 0 Å². The van der Waals surface area contributed by atoms with Crippen molar-refractivity contribution in [3.05, 3.63) is 29.3 Å². The highest BCUT2D eigenvalue weighted by Crippen LogP contribution is 2.22. The molecule has 0 aromatic heterocycles. The Morgan fingerprint density at radius 3 is 2.48 bits per heavy atom. The number of carboxylic acids is 1. The van der Waals surface area contributed by atoms with Crippen LogP contribution in [0.25, 0.3) is 0 Å². The second-order valence-corrected chi connectivity index (χ2v) is 5.08. The van der Waals surface area contributed by atoms with Crippen LogP contribution in [0.2, 0.25) is 0 Å². The predicted octanol–water partition coefficient (Wildman–Crippen LogP) is 2.90. The quantitative estimate of drug-likeness (QED) is 0.782. The molecule has 0 bridgehead atoms. The Balaban J connectivity index is 2.76. The summed E-state index contributed by atoms with van der Waals surface area (Å²) in [4.78, 5) is 22.7. The van der Waals surface area contributed by atoms with E-state index < -0.39 is 34.7 Å². The zero-order chi connectivity index (χ0) is 16.2. The van der Waals surface area contributed by atoms with Crippen LogP contribution in [0, 0.1) is 24.0 Å². The molecule has 3 N–H and O–H groups in total. The molecule has 0 radical (unpaired) electrons. The number of nitrogens with one attached hydrogen (secondary N) is 2. The Morgan fingerprint density at radius 2 is 1.95 bits per heavy atom. The molecular formula is C14H18F2N2O3. The van der Waals surface area contributed by atoms with Crippen LogP contribution in [-0.2, 0) is 4.79 Å². The van der Waals surface area contributed by atoms with E-state index >= 15 is 0 Å². The van der Waals surface area contributed by atoms with Crippen LogP contribution in [-0.4, -0.2) is 23.7 Å². The monoisotopic (exact) mass is 300 g/mol. The van der Waals surface area contributed by atoms with Crippen LogP contribution in [0.4, 0.5) is 19.3 Å². The van der Waals surface area contributed by atoms with Gasteiger partial charge in [0.05, 0.1) is 5.41 Å². The topological polar surface area (TPSA) is 78.4 Å². The van der Waals surface area contributed by atoms with Crippen LogP contribution >= 0.6 is 0 Å². The van der Waals surface area contributed by atoms with Crippen LogP contribution in [0.1, 0.15) is 25.8 Å². The number of aliphatic carboxylic acids is 1. The number of rotatable bonds is 5. The number of amides is 2. The Hall–Kier alpha value is -2.18. The molecule has 0 heterocycles. The maximum absolute atomic E-state index is 13.7. The lowest BCUT2D eigenvalue weighted by molar-refractivity contribution is -0.147. The molecule has 0 saturated heterocycles. The van der Waals surface area contributed by atoms with Crippen molar-refractivity contribution in [2.45, 2.75) is 27.2 Å². The first kappa shape index (κ1) is 16.9. The summed E-state index contributed by atoms with van der Waals surface area (Å²) in [5, 5.41) is 13.4. The van der Waals surface area contributed by atoms with Gasteiger partial charge in [-0.1, -0.05) is 13.0 Å². The van der Waals surface area contributed by atoms with Gasteiger partial charge < -0.3 is 15.7 Å². The molecule has 5 nitrogen and oxygen atoms in total. The summed E-state index contributed by atoms with van der Waals surface area (Å²) in [6, 6.07) is 1.44. The van der Waals surface area contributed by atoms with Crippen molar-refractivity contribution in [2.24, 2.45) is 5.41 Å². The number of carboxylic acid groups (broad SMARTS) is 1. The molecule has 21 heavy (non-hydrogen) atoms. The van der Waals surface area contributed by atoms with Crippen LogP contribution in [0.15, 0.2) is 12.1 Å². The van der Waals surface area contributed by atoms with Gasteiger partial charge in [-0.3, -0.25) is 4.79 Å². The second-order valence-electron chi connectivity index (χ2n) is 5.08. The summed E-state index contributed by atoms with van der Waals surface area (Å²) in [7, 11) is 0. The highest BCUT2D eigenvalue weighted by atomic mass is 19.1. The fourth-order valence-electron chi connectivity index (χ4n) is 1.56. The number of halogens is 2. The van der Waals surface area contributed by atoms with Crippen molar-refractivity contribution in [1.29, 1.82) is 0 Å². The van der Waals surface area contributed by atoms with Gasteiger partial charge >= 0.3 is 12.0 Å². The Labute approximate surface area is 121 Å². The van der Waals surface area contributed by atoms with E-state index in [-0.39, 0.29) is 12.1 Å². The number of benzene rings is 1. The van der Waals surface area contributed by atoms with Gasteiger partial charge in [-0.05, 0) is 31.9 Å². The van der Waals surface area contributed by atoms with E-state index in [0.29, 0.717) is 6.42 Å². The molecular weight excluding hydrogens is 282 g/mol. The largest absolute Gasteiger partial charge is 0.481 e. The molecule has 1 rings (SSSR count). The first-order valence-corrected chi connectivity index (χ1v) is 6.44. The Kier molecular flexibility index (Phi) is 5.23. The number of carbonyl (C=O) groups excluding carboxylic acids is 1. The predicted molar refractivity (Wildman–Crippen MR) is 74.2 cm³/mol. The summed E-state index contributed by atoms with van der Waals surface area (Å²) < 4.78 is 27.2. The highest BCUT2D eigenvalue weighted by molar-refractivity contribution is 5.90. The fraction of sp³-hybridized carbons (Fsp3) is 0.429. The third-order valence-electron chi connectivity index (χ3n) is 3.46. The second kappa shape index (κ2) is 6.51. The van der Waals surface area contributed by atoms with Crippen molar-refractivity contribution in [3.8, 4) is 0 Å². The third kappa shape index (κ3) is 3.90. The summed E-state index contributed by atoms with van der Waals surface area (Å²) >= 11 is 0. The van der Waals surface area contributed by atoms with E-state index in [1.807, 2.05) is 0 Å². The molecule has 0 aliphatic rings. The molecule has 0 fully saturated rings. The normalized spacial score (nSPS) is 13.4. The molecule has 1 aromatic rings. The number of hydrogen-bond donors (Lipinski definition) is 3. The highest BCUT2D eigenvalue weighted by Gasteiger charge is 2.31. The van der Waals surface area contributed by atoms with Gasteiger partial charge in [-0.2, -0.15) is 0 Å². The molecule has 0 saturated carbocycles. The first-order chi connectivity index (χ1) is 9.71. The smallest absolute Gasteiger partial charge is 0.319 e. The number of carbonyl (C=O) groups is 2. The first-order valence-electron chi connectivity index (χ1n) is 6.44. The van der Waals surface area contributed by atoms with Gasteiger partial charge in [0.1, 0.15) is 11.5 Å². The molecule has 116 valence electrons. The Bertz CT molecular complexity index is 563. The summed E-state index contributed by atoms with van der Waals surface area (Å²) in [6.07, 6.45) is 0.301. The lowest BCUT2D eigenvalue weighted by atomic mass is 9.88. The summed E-state index contributed by atoms with van der Waals surface area (Å²) in [6.45, 7) is 4.44. The van der Waals surface area contributed by atoms with Crippen molar-refractivity contribution < 1.29 is 23.5 Å². The van der Waals surface area contributed by atoms with E-state index in [4.69, 9.17) is 5.11 Å². The van der Waals surface area contributed by atoms with Gasteiger partial charge in [0, 0.05) is 6.54 Å². The van der Waals surface area contributed by atoms with E-state index in [1.165, 1.54) is 19.9 Å². The minimum atomic E-state index is -1.14. The van der Waals surface area contributed by atoms with Crippen molar-refractivity contribution in [2.75, 3.05) is 11.9 Å². The van der Waals surface area contributed by atoms with Gasteiger partial charge in [-0.25, -0.2) is 13.6 Å². The number of hydrogen-bond acceptors (Lipinski definition) is 2. The summed E-state index contributed by atoms with van der Waals surface area (Å²) in [5.74, 6) is -2.82. The summed E-state index contributed by atoms with van der Waals surface area (Å²) in [5.41, 5.74) is -1.50. The molecule has 0 aliphatic carbocycles. The number of aryl methyl sites for hydroxylation is 1. The van der Waals surface area contributed by atoms with Crippen LogP contribution < -0.4 is 10.6 Å². The number of anilines is 1. The number of urea groups is 1. The third-order valence-corrected chi connectivity index (χ3v) is 3.46. The molecule has 1 aromatic carbocycles. The lowest BCUT2D eigenvalue weighted by Gasteiger charge is -2.23. The molecule has 0 aliphatic heterocycles.